The summed E-state index contributed by atoms with van der Waals surface area (Å²) in [4.78, 5) is 0. The van der Waals surface area contributed by atoms with Crippen LogP contribution in [0, 0.1) is 0 Å². The Balaban J connectivity index is 1.88. The van der Waals surface area contributed by atoms with Crippen LogP contribution < -0.4 is 8.37 Å². The topological polar surface area (TPSA) is 96.0 Å². The Kier molecular flexibility index (Phi) is 10.3. The molecule has 0 radical (unpaired) electrons. The fraction of sp³-hybridized carbons (Fsp3) is 0.455. The molecule has 0 unspecified atom stereocenters. The molecule has 2 rings (SSSR count). The van der Waals surface area contributed by atoms with Gasteiger partial charge < -0.3 is 8.37 Å². The summed E-state index contributed by atoms with van der Waals surface area (Å²) >= 11 is 0. The van der Waals surface area contributed by atoms with Crippen LogP contribution in [0.2, 0.25) is 0 Å². The van der Waals surface area contributed by atoms with Crippen molar-refractivity contribution in [3.63, 3.8) is 0 Å². The van der Waals surface area contributed by atoms with Gasteiger partial charge in [0.15, 0.2) is 0 Å². The van der Waals surface area contributed by atoms with E-state index in [9.17, 15) is 16.8 Å². The molecule has 9 heteroatoms. The summed E-state index contributed by atoms with van der Waals surface area (Å²) in [6, 6.07) is 14.0. The van der Waals surface area contributed by atoms with Crippen molar-refractivity contribution in [3.8, 4) is 11.5 Å². The van der Waals surface area contributed by atoms with Gasteiger partial charge in [-0.25, -0.2) is 0 Å². The molecule has 0 aliphatic heterocycles. The molecule has 0 aliphatic carbocycles. The highest BCUT2D eigenvalue weighted by molar-refractivity contribution is 7.95. The molecule has 7 nitrogen and oxygen atoms in total. The van der Waals surface area contributed by atoms with E-state index in [1.807, 2.05) is 0 Å². The molecule has 2 aromatic carbocycles. The average molecular weight is 471 g/mol. The third-order valence-corrected chi connectivity index (χ3v) is 6.69. The van der Waals surface area contributed by atoms with E-state index in [-0.39, 0.29) is 11.5 Å². The molecule has 0 fully saturated rings. The second kappa shape index (κ2) is 12.7. The Hall–Kier alpha value is -2.10. The lowest BCUT2D eigenvalue weighted by molar-refractivity contribution is 0.350. The van der Waals surface area contributed by atoms with E-state index in [2.05, 4.69) is 14.7 Å². The largest absolute Gasteiger partial charge is 0.466 e. The molecule has 0 spiro atoms. The number of para-hydroxylation sites is 2. The second-order valence-corrected chi connectivity index (χ2v) is 9.71. The van der Waals surface area contributed by atoms with Crippen molar-refractivity contribution >= 4 is 20.8 Å². The first kappa shape index (κ1) is 25.2. The number of aryl methyl sites for hydroxylation is 1. The molecule has 31 heavy (non-hydrogen) atoms. The van der Waals surface area contributed by atoms with Crippen LogP contribution in [0.4, 0.5) is 0 Å². The van der Waals surface area contributed by atoms with Crippen LogP contribution in [0.1, 0.15) is 63.9 Å². The van der Waals surface area contributed by atoms with Crippen LogP contribution in [-0.2, 0) is 30.8 Å². The van der Waals surface area contributed by atoms with Crippen molar-refractivity contribution in [2.45, 2.75) is 64.7 Å². The SMILES string of the molecule is CCCCCCCCCCc1ccccc1OS(=O)(=O)OS(=O)(=O)Oc1ccccc1. The lowest BCUT2D eigenvalue weighted by Gasteiger charge is -2.11. The quantitative estimate of drug-likeness (QED) is 0.324. The Labute approximate surface area is 186 Å². The van der Waals surface area contributed by atoms with Gasteiger partial charge in [0, 0.05) is 0 Å². The molecule has 0 amide bonds. The van der Waals surface area contributed by atoms with Crippen LogP contribution in [-0.4, -0.2) is 16.8 Å². The van der Waals surface area contributed by atoms with Gasteiger partial charge in [-0.3, -0.25) is 0 Å². The van der Waals surface area contributed by atoms with Gasteiger partial charge in [0.2, 0.25) is 0 Å². The molecule has 0 N–H and O–H groups in total. The summed E-state index contributed by atoms with van der Waals surface area (Å²) in [5, 5.41) is 0. The highest BCUT2D eigenvalue weighted by Crippen LogP contribution is 2.24. The van der Waals surface area contributed by atoms with E-state index in [0.717, 1.165) is 19.3 Å². The zero-order valence-corrected chi connectivity index (χ0v) is 19.4. The summed E-state index contributed by atoms with van der Waals surface area (Å²) in [5.41, 5.74) is 0.669. The molecular weight excluding hydrogens is 440 g/mol. The van der Waals surface area contributed by atoms with Gasteiger partial charge in [-0.1, -0.05) is 91.9 Å². The maximum atomic E-state index is 12.2. The molecule has 0 aliphatic rings. The van der Waals surface area contributed by atoms with E-state index in [4.69, 9.17) is 4.18 Å². The number of hydrogen-bond donors (Lipinski definition) is 0. The zero-order valence-electron chi connectivity index (χ0n) is 17.7. The molecule has 0 atom stereocenters. The van der Waals surface area contributed by atoms with Gasteiger partial charge in [-0.05, 0) is 36.6 Å². The van der Waals surface area contributed by atoms with Crippen LogP contribution >= 0.6 is 0 Å². The lowest BCUT2D eigenvalue weighted by atomic mass is 10.0. The van der Waals surface area contributed by atoms with Crippen molar-refractivity contribution < 1.29 is 28.8 Å². The van der Waals surface area contributed by atoms with Gasteiger partial charge in [0.25, 0.3) is 0 Å². The highest BCUT2D eigenvalue weighted by atomic mass is 32.3. The first-order valence-electron chi connectivity index (χ1n) is 10.5. The van der Waals surface area contributed by atoms with Crippen LogP contribution in [0.25, 0.3) is 0 Å². The number of rotatable bonds is 15. The Morgan fingerprint density at radius 1 is 0.645 bits per heavy atom. The van der Waals surface area contributed by atoms with E-state index >= 15 is 0 Å². The third kappa shape index (κ3) is 10.2. The molecule has 0 saturated carbocycles. The summed E-state index contributed by atoms with van der Waals surface area (Å²) in [5.74, 6) is -0.0341. The highest BCUT2D eigenvalue weighted by Gasteiger charge is 2.28. The smallest absolute Gasteiger partial charge is 0.361 e. The average Bonchev–Trinajstić information content (AvgIpc) is 2.70. The van der Waals surface area contributed by atoms with E-state index in [1.54, 1.807) is 24.3 Å². The Morgan fingerprint density at radius 2 is 1.19 bits per heavy atom. The fourth-order valence-electron chi connectivity index (χ4n) is 3.07. The monoisotopic (exact) mass is 470 g/mol. The minimum Gasteiger partial charge on any atom is -0.361 e. The number of benzene rings is 2. The molecule has 0 saturated heterocycles. The van der Waals surface area contributed by atoms with Gasteiger partial charge in [-0.15, -0.1) is 0 Å². The molecular formula is C22H30O7S2. The van der Waals surface area contributed by atoms with Gasteiger partial charge in [-0.2, -0.15) is 16.8 Å². The lowest BCUT2D eigenvalue weighted by Crippen LogP contribution is -2.22. The van der Waals surface area contributed by atoms with Crippen LogP contribution in [0.15, 0.2) is 54.6 Å². The van der Waals surface area contributed by atoms with Crippen molar-refractivity contribution in [2.75, 3.05) is 0 Å². The van der Waals surface area contributed by atoms with Crippen molar-refractivity contribution in [1.82, 2.24) is 0 Å². The minimum atomic E-state index is -4.90. The van der Waals surface area contributed by atoms with Crippen LogP contribution in [0.5, 0.6) is 11.5 Å². The Morgan fingerprint density at radius 3 is 1.87 bits per heavy atom. The fourth-order valence-corrected chi connectivity index (χ4v) is 4.84. The van der Waals surface area contributed by atoms with Gasteiger partial charge >= 0.3 is 20.8 Å². The van der Waals surface area contributed by atoms with E-state index in [0.29, 0.717) is 12.0 Å². The first-order valence-corrected chi connectivity index (χ1v) is 13.2. The standard InChI is InChI=1S/C22H30O7S2/c1-2-3-4-5-6-7-8-10-15-20-16-13-14-19-22(20)28-31(25,26)29-30(23,24)27-21-17-11-9-12-18-21/h9,11-14,16-19H,2-8,10,15H2,1H3. The molecule has 0 aromatic heterocycles. The zero-order chi connectivity index (χ0) is 22.6. The van der Waals surface area contributed by atoms with Crippen molar-refractivity contribution in [3.05, 3.63) is 60.2 Å². The predicted molar refractivity (Wildman–Crippen MR) is 119 cm³/mol. The summed E-state index contributed by atoms with van der Waals surface area (Å²) in [6.45, 7) is 2.19. The molecule has 0 heterocycles. The number of unbranched alkanes of at least 4 members (excludes halogenated alkanes) is 7. The van der Waals surface area contributed by atoms with E-state index in [1.165, 1.54) is 62.4 Å². The summed E-state index contributed by atoms with van der Waals surface area (Å²) in [6.07, 6.45) is 9.85. The predicted octanol–water partition coefficient (Wildman–Crippen LogP) is 5.33. The van der Waals surface area contributed by atoms with Gasteiger partial charge in [0.1, 0.15) is 11.5 Å². The maximum Gasteiger partial charge on any atom is 0.466 e. The molecule has 172 valence electrons. The summed E-state index contributed by atoms with van der Waals surface area (Å²) < 4.78 is 61.9. The van der Waals surface area contributed by atoms with Crippen molar-refractivity contribution in [1.29, 1.82) is 0 Å². The van der Waals surface area contributed by atoms with Crippen LogP contribution in [0.3, 0.4) is 0 Å². The second-order valence-electron chi connectivity index (χ2n) is 7.20. The molecule has 2 aromatic rings. The molecule has 0 bridgehead atoms. The minimum absolute atomic E-state index is 0.0420. The summed E-state index contributed by atoms with van der Waals surface area (Å²) in [7, 11) is -9.77. The Bertz CT molecular complexity index is 988. The van der Waals surface area contributed by atoms with E-state index < -0.39 is 20.8 Å². The van der Waals surface area contributed by atoms with Gasteiger partial charge in [0.05, 0.1) is 0 Å². The van der Waals surface area contributed by atoms with Crippen molar-refractivity contribution in [2.24, 2.45) is 0 Å². The maximum absolute atomic E-state index is 12.2. The first-order chi connectivity index (χ1) is 14.8. The third-order valence-electron chi connectivity index (χ3n) is 4.57. The normalized spacial score (nSPS) is 11.9. The number of hydrogen-bond acceptors (Lipinski definition) is 7.